The van der Waals surface area contributed by atoms with E-state index < -0.39 is 6.04 Å². The van der Waals surface area contributed by atoms with Gasteiger partial charge in [-0.1, -0.05) is 74.5 Å². The van der Waals surface area contributed by atoms with E-state index in [9.17, 15) is 9.59 Å². The molecule has 0 bridgehead atoms. The minimum absolute atomic E-state index is 0.0186. The van der Waals surface area contributed by atoms with E-state index in [2.05, 4.69) is 28.1 Å². The molecule has 1 heterocycles. The molecule has 166 valence electrons. The van der Waals surface area contributed by atoms with Crippen LogP contribution in [0.2, 0.25) is 0 Å². The van der Waals surface area contributed by atoms with Crippen LogP contribution in [0.15, 0.2) is 60.7 Å². The number of rotatable bonds is 8. The van der Waals surface area contributed by atoms with Gasteiger partial charge in [0.2, 0.25) is 5.91 Å². The lowest BCUT2D eigenvalue weighted by Gasteiger charge is -2.33. The monoisotopic (exact) mass is 423 g/mol. The Morgan fingerprint density at radius 3 is 2.35 bits per heavy atom. The SMILES string of the molecule is CC(C)C(NC(=O)NCc1ccccc1)C(=O)NCC1CCCOC1c1ccccc1. The molecule has 2 aromatic carbocycles. The maximum Gasteiger partial charge on any atom is 0.315 e. The van der Waals surface area contributed by atoms with E-state index in [0.29, 0.717) is 13.1 Å². The molecule has 6 heteroatoms. The van der Waals surface area contributed by atoms with Crippen molar-refractivity contribution in [2.45, 2.75) is 45.4 Å². The van der Waals surface area contributed by atoms with Crippen molar-refractivity contribution >= 4 is 11.9 Å². The van der Waals surface area contributed by atoms with E-state index >= 15 is 0 Å². The molecular weight excluding hydrogens is 390 g/mol. The summed E-state index contributed by atoms with van der Waals surface area (Å²) in [6, 6.07) is 18.9. The molecule has 3 unspecified atom stereocenters. The zero-order valence-electron chi connectivity index (χ0n) is 18.3. The molecule has 1 aliphatic heterocycles. The maximum atomic E-state index is 12.9. The molecular formula is C25H33N3O3. The van der Waals surface area contributed by atoms with E-state index in [4.69, 9.17) is 4.74 Å². The van der Waals surface area contributed by atoms with Crippen molar-refractivity contribution in [2.24, 2.45) is 11.8 Å². The molecule has 31 heavy (non-hydrogen) atoms. The van der Waals surface area contributed by atoms with Crippen molar-refractivity contribution in [3.63, 3.8) is 0 Å². The van der Waals surface area contributed by atoms with Gasteiger partial charge >= 0.3 is 6.03 Å². The van der Waals surface area contributed by atoms with Gasteiger partial charge in [-0.2, -0.15) is 0 Å². The van der Waals surface area contributed by atoms with E-state index in [0.717, 1.165) is 30.6 Å². The minimum atomic E-state index is -0.601. The summed E-state index contributed by atoms with van der Waals surface area (Å²) in [5.74, 6) is 0.0112. The fourth-order valence-electron chi connectivity index (χ4n) is 3.91. The van der Waals surface area contributed by atoms with Crippen LogP contribution in [-0.2, 0) is 16.1 Å². The molecule has 2 aromatic rings. The predicted octanol–water partition coefficient (Wildman–Crippen LogP) is 3.79. The number of nitrogens with one attached hydrogen (secondary N) is 3. The van der Waals surface area contributed by atoms with Gasteiger partial charge < -0.3 is 20.7 Å². The summed E-state index contributed by atoms with van der Waals surface area (Å²) in [6.45, 7) is 5.53. The number of amides is 3. The number of benzene rings is 2. The highest BCUT2D eigenvalue weighted by molar-refractivity contribution is 5.87. The van der Waals surface area contributed by atoms with Crippen LogP contribution in [-0.4, -0.2) is 31.1 Å². The summed E-state index contributed by atoms with van der Waals surface area (Å²) in [7, 11) is 0. The first-order valence-corrected chi connectivity index (χ1v) is 11.1. The number of hydrogen-bond donors (Lipinski definition) is 3. The third-order valence-electron chi connectivity index (χ3n) is 5.64. The molecule has 0 spiro atoms. The topological polar surface area (TPSA) is 79.5 Å². The van der Waals surface area contributed by atoms with Crippen molar-refractivity contribution < 1.29 is 14.3 Å². The quantitative estimate of drug-likeness (QED) is 0.604. The summed E-state index contributed by atoms with van der Waals surface area (Å²) < 4.78 is 6.02. The van der Waals surface area contributed by atoms with Gasteiger partial charge in [-0.25, -0.2) is 4.79 Å². The largest absolute Gasteiger partial charge is 0.373 e. The average Bonchev–Trinajstić information content (AvgIpc) is 2.81. The number of hydrogen-bond acceptors (Lipinski definition) is 3. The molecule has 0 radical (unpaired) electrons. The molecule has 3 rings (SSSR count). The molecule has 0 aliphatic carbocycles. The molecule has 3 N–H and O–H groups in total. The third kappa shape index (κ3) is 6.82. The molecule has 3 atom stereocenters. The van der Waals surface area contributed by atoms with Crippen LogP contribution in [0.25, 0.3) is 0 Å². The Bertz CT molecular complexity index is 826. The fourth-order valence-corrected chi connectivity index (χ4v) is 3.91. The number of carbonyl (C=O) groups excluding carboxylic acids is 2. The van der Waals surface area contributed by atoms with Crippen LogP contribution in [0, 0.1) is 11.8 Å². The lowest BCUT2D eigenvalue weighted by atomic mass is 9.89. The highest BCUT2D eigenvalue weighted by atomic mass is 16.5. The summed E-state index contributed by atoms with van der Waals surface area (Å²) >= 11 is 0. The summed E-state index contributed by atoms with van der Waals surface area (Å²) in [4.78, 5) is 25.2. The maximum absolute atomic E-state index is 12.9. The van der Waals surface area contributed by atoms with Gasteiger partial charge in [0.05, 0.1) is 6.10 Å². The molecule has 1 fully saturated rings. The van der Waals surface area contributed by atoms with Crippen LogP contribution in [0.4, 0.5) is 4.79 Å². The van der Waals surface area contributed by atoms with Crippen LogP contribution in [0.5, 0.6) is 0 Å². The Balaban J connectivity index is 1.53. The van der Waals surface area contributed by atoms with Gasteiger partial charge in [0.25, 0.3) is 0 Å². The second-order valence-electron chi connectivity index (χ2n) is 8.38. The van der Waals surface area contributed by atoms with Crippen LogP contribution in [0.3, 0.4) is 0 Å². The van der Waals surface area contributed by atoms with E-state index in [1.165, 1.54) is 0 Å². The highest BCUT2D eigenvalue weighted by Crippen LogP contribution is 2.33. The second-order valence-corrected chi connectivity index (χ2v) is 8.38. The first-order valence-electron chi connectivity index (χ1n) is 11.1. The smallest absolute Gasteiger partial charge is 0.315 e. The zero-order valence-corrected chi connectivity index (χ0v) is 18.3. The zero-order chi connectivity index (χ0) is 22.1. The fraction of sp³-hybridized carbons (Fsp3) is 0.440. The molecule has 0 aromatic heterocycles. The van der Waals surface area contributed by atoms with Crippen molar-refractivity contribution in [1.82, 2.24) is 16.0 Å². The van der Waals surface area contributed by atoms with Crippen LogP contribution < -0.4 is 16.0 Å². The second kappa shape index (κ2) is 11.5. The Morgan fingerprint density at radius 1 is 1.00 bits per heavy atom. The van der Waals surface area contributed by atoms with E-state index in [1.807, 2.05) is 62.4 Å². The first kappa shape index (κ1) is 22.8. The van der Waals surface area contributed by atoms with Gasteiger partial charge in [0.1, 0.15) is 6.04 Å². The van der Waals surface area contributed by atoms with Crippen molar-refractivity contribution in [3.05, 3.63) is 71.8 Å². The van der Waals surface area contributed by atoms with Crippen LogP contribution in [0.1, 0.15) is 43.9 Å². The van der Waals surface area contributed by atoms with Gasteiger partial charge in [-0.15, -0.1) is 0 Å². The van der Waals surface area contributed by atoms with Gasteiger partial charge in [0.15, 0.2) is 0 Å². The third-order valence-corrected chi connectivity index (χ3v) is 5.64. The van der Waals surface area contributed by atoms with Crippen molar-refractivity contribution in [2.75, 3.05) is 13.2 Å². The number of carbonyl (C=O) groups is 2. The standard InChI is InChI=1S/C25H33N3O3/c1-18(2)22(28-25(30)27-16-19-10-5-3-6-11-19)24(29)26-17-21-14-9-15-31-23(21)20-12-7-4-8-13-20/h3-8,10-13,18,21-23H,9,14-17H2,1-2H3,(H,26,29)(H2,27,28,30). The first-order chi connectivity index (χ1) is 15.0. The van der Waals surface area contributed by atoms with E-state index in [1.54, 1.807) is 0 Å². The Kier molecular flexibility index (Phi) is 8.47. The van der Waals surface area contributed by atoms with Gasteiger partial charge in [-0.3, -0.25) is 4.79 Å². The molecule has 1 aliphatic rings. The molecule has 0 saturated carbocycles. The highest BCUT2D eigenvalue weighted by Gasteiger charge is 2.30. The lowest BCUT2D eigenvalue weighted by molar-refractivity contribution is -0.124. The molecule has 6 nitrogen and oxygen atoms in total. The Morgan fingerprint density at radius 2 is 1.68 bits per heavy atom. The van der Waals surface area contributed by atoms with Gasteiger partial charge in [-0.05, 0) is 29.9 Å². The van der Waals surface area contributed by atoms with Crippen LogP contribution >= 0.6 is 0 Å². The van der Waals surface area contributed by atoms with Gasteiger partial charge in [0, 0.05) is 25.6 Å². The Labute approximate surface area is 184 Å². The molecule has 1 saturated heterocycles. The van der Waals surface area contributed by atoms with Crippen molar-refractivity contribution in [1.29, 1.82) is 0 Å². The lowest BCUT2D eigenvalue weighted by Crippen LogP contribution is -2.53. The van der Waals surface area contributed by atoms with E-state index in [-0.39, 0.29) is 29.9 Å². The summed E-state index contributed by atoms with van der Waals surface area (Å²) in [5, 5.41) is 8.70. The summed E-state index contributed by atoms with van der Waals surface area (Å²) in [6.07, 6.45) is 1.96. The normalized spacial score (nSPS) is 19.5. The number of urea groups is 1. The minimum Gasteiger partial charge on any atom is -0.373 e. The average molecular weight is 424 g/mol. The Hall–Kier alpha value is -2.86. The van der Waals surface area contributed by atoms with Crippen molar-refractivity contribution in [3.8, 4) is 0 Å². The number of ether oxygens (including phenoxy) is 1. The molecule has 3 amide bonds. The predicted molar refractivity (Wildman–Crippen MR) is 121 cm³/mol. The summed E-state index contributed by atoms with van der Waals surface area (Å²) in [5.41, 5.74) is 2.15.